The van der Waals surface area contributed by atoms with Crippen LogP contribution >= 0.6 is 11.3 Å². The van der Waals surface area contributed by atoms with Crippen molar-refractivity contribution in [2.45, 2.75) is 13.8 Å². The molecule has 4 heteroatoms. The van der Waals surface area contributed by atoms with Gasteiger partial charge in [-0.2, -0.15) is 0 Å². The smallest absolute Gasteiger partial charge is 0.331 e. The Kier molecular flexibility index (Phi) is 3.64. The lowest BCUT2D eigenvalue weighted by atomic mass is 10.2. The maximum absolute atomic E-state index is 11.0. The molecule has 0 unspecified atom stereocenters. The fourth-order valence-electron chi connectivity index (χ4n) is 0.842. The zero-order valence-corrected chi connectivity index (χ0v) is 8.43. The highest BCUT2D eigenvalue weighted by atomic mass is 32.1. The van der Waals surface area contributed by atoms with Crippen molar-refractivity contribution in [1.82, 2.24) is 4.98 Å². The molecule has 0 aliphatic heterocycles. The molecule has 0 radical (unpaired) electrons. The average molecular weight is 197 g/mol. The van der Waals surface area contributed by atoms with E-state index < -0.39 is 0 Å². The molecule has 0 fully saturated rings. The molecular formula is C9H11NO2S. The van der Waals surface area contributed by atoms with Crippen molar-refractivity contribution >= 4 is 22.9 Å². The Morgan fingerprint density at radius 1 is 1.77 bits per heavy atom. The van der Waals surface area contributed by atoms with Crippen molar-refractivity contribution in [3.05, 3.63) is 22.7 Å². The number of hydrogen-bond donors (Lipinski definition) is 0. The third-order valence-electron chi connectivity index (χ3n) is 1.44. The van der Waals surface area contributed by atoms with Crippen molar-refractivity contribution in [1.29, 1.82) is 0 Å². The zero-order chi connectivity index (χ0) is 9.68. The van der Waals surface area contributed by atoms with E-state index in [0.717, 1.165) is 10.5 Å². The molecule has 0 saturated heterocycles. The molecule has 1 aromatic heterocycles. The van der Waals surface area contributed by atoms with E-state index in [4.69, 9.17) is 4.74 Å². The maximum atomic E-state index is 11.0. The van der Waals surface area contributed by atoms with Crippen molar-refractivity contribution in [2.24, 2.45) is 0 Å². The summed E-state index contributed by atoms with van der Waals surface area (Å²) < 4.78 is 4.78. The molecule has 1 heterocycles. The summed E-state index contributed by atoms with van der Waals surface area (Å²) in [4.78, 5) is 15.9. The molecular weight excluding hydrogens is 186 g/mol. The van der Waals surface area contributed by atoms with Gasteiger partial charge in [0.1, 0.15) is 0 Å². The van der Waals surface area contributed by atoms with E-state index in [9.17, 15) is 4.79 Å². The fraction of sp³-hybridized carbons (Fsp3) is 0.333. The highest BCUT2D eigenvalue weighted by Crippen LogP contribution is 2.17. The van der Waals surface area contributed by atoms with Gasteiger partial charge < -0.3 is 4.74 Å². The molecule has 0 N–H and O–H groups in total. The van der Waals surface area contributed by atoms with Crippen LogP contribution < -0.4 is 0 Å². The molecule has 0 spiro atoms. The SMILES string of the molecule is CCOC(=O)/C=C(/C)c1cncs1. The summed E-state index contributed by atoms with van der Waals surface area (Å²) in [5.41, 5.74) is 2.62. The fourth-order valence-corrected chi connectivity index (χ4v) is 1.44. The summed E-state index contributed by atoms with van der Waals surface area (Å²) in [6.07, 6.45) is 3.22. The second kappa shape index (κ2) is 4.77. The Hall–Kier alpha value is -1.16. The minimum atomic E-state index is -0.298. The molecule has 0 atom stereocenters. The van der Waals surface area contributed by atoms with Crippen LogP contribution in [0.5, 0.6) is 0 Å². The molecule has 0 aromatic carbocycles. The molecule has 1 aromatic rings. The topological polar surface area (TPSA) is 39.2 Å². The van der Waals surface area contributed by atoms with E-state index in [1.54, 1.807) is 18.6 Å². The average Bonchev–Trinajstić information content (AvgIpc) is 2.55. The van der Waals surface area contributed by atoms with Gasteiger partial charge in [-0.05, 0) is 19.4 Å². The molecule has 0 aliphatic carbocycles. The quantitative estimate of drug-likeness (QED) is 0.550. The number of ether oxygens (including phenoxy) is 1. The first kappa shape index (κ1) is 9.92. The van der Waals surface area contributed by atoms with E-state index >= 15 is 0 Å². The van der Waals surface area contributed by atoms with Gasteiger partial charge in [0.15, 0.2) is 0 Å². The van der Waals surface area contributed by atoms with Crippen LogP contribution in [0.1, 0.15) is 18.7 Å². The number of carbonyl (C=O) groups is 1. The Balaban J connectivity index is 2.67. The number of rotatable bonds is 3. The van der Waals surface area contributed by atoms with Gasteiger partial charge in [0.2, 0.25) is 0 Å². The number of aromatic nitrogens is 1. The summed E-state index contributed by atoms with van der Waals surface area (Å²) in [5, 5.41) is 0. The summed E-state index contributed by atoms with van der Waals surface area (Å²) in [7, 11) is 0. The predicted octanol–water partition coefficient (Wildman–Crippen LogP) is 2.11. The minimum absolute atomic E-state index is 0.298. The van der Waals surface area contributed by atoms with Crippen molar-refractivity contribution in [3.8, 4) is 0 Å². The van der Waals surface area contributed by atoms with Crippen molar-refractivity contribution in [3.63, 3.8) is 0 Å². The van der Waals surface area contributed by atoms with E-state index in [0.29, 0.717) is 6.61 Å². The molecule has 70 valence electrons. The van der Waals surface area contributed by atoms with Crippen LogP contribution in [-0.2, 0) is 9.53 Å². The van der Waals surface area contributed by atoms with Gasteiger partial charge in [0.25, 0.3) is 0 Å². The summed E-state index contributed by atoms with van der Waals surface area (Å²) in [5.74, 6) is -0.298. The predicted molar refractivity (Wildman–Crippen MR) is 52.4 cm³/mol. The van der Waals surface area contributed by atoms with Gasteiger partial charge in [0, 0.05) is 12.3 Å². The normalized spacial score (nSPS) is 11.4. The number of nitrogens with zero attached hydrogens (tertiary/aromatic N) is 1. The second-order valence-corrected chi connectivity index (χ2v) is 3.33. The van der Waals surface area contributed by atoms with Gasteiger partial charge in [0.05, 0.1) is 17.0 Å². The monoisotopic (exact) mass is 197 g/mol. The van der Waals surface area contributed by atoms with Crippen LogP contribution in [0.2, 0.25) is 0 Å². The molecule has 0 saturated carbocycles. The van der Waals surface area contributed by atoms with E-state index in [2.05, 4.69) is 4.98 Å². The van der Waals surface area contributed by atoms with Crippen LogP contribution in [0.15, 0.2) is 17.8 Å². The lowest BCUT2D eigenvalue weighted by molar-refractivity contribution is -0.137. The van der Waals surface area contributed by atoms with Crippen molar-refractivity contribution in [2.75, 3.05) is 6.61 Å². The third-order valence-corrected chi connectivity index (χ3v) is 2.35. The van der Waals surface area contributed by atoms with E-state index in [-0.39, 0.29) is 5.97 Å². The molecule has 3 nitrogen and oxygen atoms in total. The standard InChI is InChI=1S/C9H11NO2S/c1-3-12-9(11)4-7(2)8-5-10-6-13-8/h4-6H,3H2,1-2H3/b7-4-. The summed E-state index contributed by atoms with van der Waals surface area (Å²) in [6.45, 7) is 4.06. The van der Waals surface area contributed by atoms with E-state index in [1.807, 2.05) is 6.92 Å². The van der Waals surface area contributed by atoms with Crippen LogP contribution in [0.3, 0.4) is 0 Å². The van der Waals surface area contributed by atoms with Gasteiger partial charge >= 0.3 is 5.97 Å². The highest BCUT2D eigenvalue weighted by Gasteiger charge is 2.01. The number of thiazole rings is 1. The Bertz CT molecular complexity index is 303. The minimum Gasteiger partial charge on any atom is -0.463 e. The Morgan fingerprint density at radius 3 is 3.08 bits per heavy atom. The largest absolute Gasteiger partial charge is 0.463 e. The first-order valence-corrected chi connectivity index (χ1v) is 4.86. The number of allylic oxidation sites excluding steroid dienone is 1. The highest BCUT2D eigenvalue weighted by molar-refractivity contribution is 7.10. The van der Waals surface area contributed by atoms with E-state index in [1.165, 1.54) is 17.4 Å². The Morgan fingerprint density at radius 2 is 2.54 bits per heavy atom. The van der Waals surface area contributed by atoms with Crippen LogP contribution in [0, 0.1) is 0 Å². The lowest BCUT2D eigenvalue weighted by Gasteiger charge is -1.97. The number of esters is 1. The first-order chi connectivity index (χ1) is 6.24. The van der Waals surface area contributed by atoms with Gasteiger partial charge in [-0.1, -0.05) is 0 Å². The van der Waals surface area contributed by atoms with Crippen molar-refractivity contribution < 1.29 is 9.53 Å². The van der Waals surface area contributed by atoms with Crippen LogP contribution in [0.4, 0.5) is 0 Å². The third kappa shape index (κ3) is 2.99. The molecule has 13 heavy (non-hydrogen) atoms. The van der Waals surface area contributed by atoms with Gasteiger partial charge in [-0.3, -0.25) is 4.98 Å². The number of hydrogen-bond acceptors (Lipinski definition) is 4. The second-order valence-electron chi connectivity index (χ2n) is 2.45. The Labute approximate surface area is 81.1 Å². The van der Waals surface area contributed by atoms with Gasteiger partial charge in [-0.25, -0.2) is 4.79 Å². The molecule has 0 amide bonds. The lowest BCUT2D eigenvalue weighted by Crippen LogP contribution is -1.99. The zero-order valence-electron chi connectivity index (χ0n) is 7.61. The van der Waals surface area contributed by atoms with Gasteiger partial charge in [-0.15, -0.1) is 11.3 Å². The number of carbonyl (C=O) groups excluding carboxylic acids is 1. The molecule has 0 bridgehead atoms. The summed E-state index contributed by atoms with van der Waals surface area (Å²) in [6, 6.07) is 0. The first-order valence-electron chi connectivity index (χ1n) is 3.98. The van der Waals surface area contributed by atoms with Crippen LogP contribution in [0.25, 0.3) is 5.57 Å². The molecule has 0 aliphatic rings. The summed E-state index contributed by atoms with van der Waals surface area (Å²) >= 11 is 1.50. The maximum Gasteiger partial charge on any atom is 0.331 e. The van der Waals surface area contributed by atoms with Crippen LogP contribution in [-0.4, -0.2) is 17.6 Å². The molecule has 1 rings (SSSR count).